The van der Waals surface area contributed by atoms with E-state index in [2.05, 4.69) is 24.3 Å². The highest BCUT2D eigenvalue weighted by atomic mass is 16.4. The van der Waals surface area contributed by atoms with Crippen LogP contribution in [0.5, 0.6) is 0 Å². The Bertz CT molecular complexity index is 792. The maximum atomic E-state index is 10.9. The summed E-state index contributed by atoms with van der Waals surface area (Å²) in [5.41, 5.74) is 5.27. The average molecular weight is 288 g/mol. The molecule has 3 rings (SSSR count). The van der Waals surface area contributed by atoms with E-state index in [1.165, 1.54) is 0 Å². The third-order valence-corrected chi connectivity index (χ3v) is 3.61. The van der Waals surface area contributed by atoms with E-state index in [4.69, 9.17) is 5.11 Å². The molecular formula is C20H16O2. The van der Waals surface area contributed by atoms with Crippen LogP contribution in [0.25, 0.3) is 22.3 Å². The number of hydrogen-bond donors (Lipinski definition) is 1. The van der Waals surface area contributed by atoms with Crippen molar-refractivity contribution in [2.24, 2.45) is 0 Å². The molecule has 0 aliphatic rings. The quantitative estimate of drug-likeness (QED) is 0.759. The molecule has 1 N–H and O–H groups in total. The number of carboxylic acid groups (broad SMARTS) is 1. The minimum atomic E-state index is -0.812. The monoisotopic (exact) mass is 288 g/mol. The van der Waals surface area contributed by atoms with Crippen molar-refractivity contribution < 1.29 is 9.90 Å². The van der Waals surface area contributed by atoms with Crippen LogP contribution in [0.4, 0.5) is 0 Å². The van der Waals surface area contributed by atoms with E-state index in [-0.39, 0.29) is 6.42 Å². The first-order chi connectivity index (χ1) is 10.7. The zero-order valence-electron chi connectivity index (χ0n) is 12.1. The van der Waals surface area contributed by atoms with Crippen molar-refractivity contribution in [3.05, 3.63) is 84.4 Å². The molecule has 0 aromatic heterocycles. The zero-order valence-corrected chi connectivity index (χ0v) is 12.1. The maximum Gasteiger partial charge on any atom is 0.307 e. The molecule has 0 spiro atoms. The van der Waals surface area contributed by atoms with Crippen LogP contribution in [0.1, 0.15) is 5.56 Å². The van der Waals surface area contributed by atoms with Gasteiger partial charge in [0.25, 0.3) is 0 Å². The molecule has 3 aromatic rings. The highest BCUT2D eigenvalue weighted by Gasteiger charge is 2.08. The molecule has 0 atom stereocenters. The minimum Gasteiger partial charge on any atom is -0.481 e. The van der Waals surface area contributed by atoms with Gasteiger partial charge in [0.15, 0.2) is 0 Å². The summed E-state index contributed by atoms with van der Waals surface area (Å²) in [7, 11) is 0. The number of carbonyl (C=O) groups is 1. The van der Waals surface area contributed by atoms with Gasteiger partial charge in [-0.15, -0.1) is 0 Å². The summed E-state index contributed by atoms with van der Waals surface area (Å²) in [5.74, 6) is -0.812. The lowest BCUT2D eigenvalue weighted by Gasteiger charge is -2.11. The standard InChI is InChI=1S/C20H16O2/c21-20(22)14-15-7-6-10-17(13-15)19-12-5-4-11-18(19)16-8-2-1-3-9-16/h1-13H,14H2,(H,21,22). The van der Waals surface area contributed by atoms with Crippen molar-refractivity contribution >= 4 is 5.97 Å². The summed E-state index contributed by atoms with van der Waals surface area (Å²) in [6.07, 6.45) is 0.0430. The molecule has 2 nitrogen and oxygen atoms in total. The molecule has 0 aliphatic carbocycles. The molecule has 22 heavy (non-hydrogen) atoms. The van der Waals surface area contributed by atoms with E-state index < -0.39 is 5.97 Å². The first-order valence-corrected chi connectivity index (χ1v) is 7.19. The molecule has 0 aliphatic heterocycles. The second-order valence-corrected chi connectivity index (χ2v) is 5.18. The van der Waals surface area contributed by atoms with E-state index in [1.807, 2.05) is 54.6 Å². The Morgan fingerprint density at radius 1 is 0.727 bits per heavy atom. The molecule has 0 fully saturated rings. The molecule has 0 saturated heterocycles. The third kappa shape index (κ3) is 3.07. The molecule has 108 valence electrons. The van der Waals surface area contributed by atoms with Crippen LogP contribution in [0, 0.1) is 0 Å². The summed E-state index contributed by atoms with van der Waals surface area (Å²) in [4.78, 5) is 10.9. The van der Waals surface area contributed by atoms with Gasteiger partial charge in [-0.3, -0.25) is 4.79 Å². The van der Waals surface area contributed by atoms with Gasteiger partial charge in [0.05, 0.1) is 6.42 Å². The van der Waals surface area contributed by atoms with E-state index in [9.17, 15) is 4.79 Å². The fourth-order valence-electron chi connectivity index (χ4n) is 2.63. The summed E-state index contributed by atoms with van der Waals surface area (Å²) in [6.45, 7) is 0. The lowest BCUT2D eigenvalue weighted by molar-refractivity contribution is -0.136. The van der Waals surface area contributed by atoms with Gasteiger partial charge in [-0.1, -0.05) is 78.9 Å². The Morgan fingerprint density at radius 3 is 2.00 bits per heavy atom. The van der Waals surface area contributed by atoms with Crippen molar-refractivity contribution in [2.75, 3.05) is 0 Å². The summed E-state index contributed by atoms with van der Waals surface area (Å²) in [5, 5.41) is 8.96. The molecule has 0 saturated carbocycles. The molecular weight excluding hydrogens is 272 g/mol. The van der Waals surface area contributed by atoms with Gasteiger partial charge in [-0.2, -0.15) is 0 Å². The SMILES string of the molecule is O=C(O)Cc1cccc(-c2ccccc2-c2ccccc2)c1. The minimum absolute atomic E-state index is 0.0430. The second-order valence-electron chi connectivity index (χ2n) is 5.18. The van der Waals surface area contributed by atoms with Crippen LogP contribution in [-0.4, -0.2) is 11.1 Å². The van der Waals surface area contributed by atoms with E-state index in [1.54, 1.807) is 0 Å². The van der Waals surface area contributed by atoms with Crippen molar-refractivity contribution in [3.8, 4) is 22.3 Å². The summed E-state index contributed by atoms with van der Waals surface area (Å²) < 4.78 is 0. The van der Waals surface area contributed by atoms with Gasteiger partial charge >= 0.3 is 5.97 Å². The Balaban J connectivity index is 2.08. The van der Waals surface area contributed by atoms with Gasteiger partial charge in [-0.05, 0) is 27.8 Å². The molecule has 0 unspecified atom stereocenters. The largest absolute Gasteiger partial charge is 0.481 e. The van der Waals surface area contributed by atoms with Crippen molar-refractivity contribution in [1.82, 2.24) is 0 Å². The number of benzene rings is 3. The van der Waals surface area contributed by atoms with E-state index >= 15 is 0 Å². The second kappa shape index (κ2) is 6.27. The lowest BCUT2D eigenvalue weighted by Crippen LogP contribution is -1.99. The van der Waals surface area contributed by atoms with Crippen molar-refractivity contribution in [2.45, 2.75) is 6.42 Å². The van der Waals surface area contributed by atoms with E-state index in [0.29, 0.717) is 0 Å². The van der Waals surface area contributed by atoms with Crippen LogP contribution in [0.2, 0.25) is 0 Å². The van der Waals surface area contributed by atoms with Crippen LogP contribution in [0.3, 0.4) is 0 Å². The highest BCUT2D eigenvalue weighted by molar-refractivity contribution is 5.84. The summed E-state index contributed by atoms with van der Waals surface area (Å²) in [6, 6.07) is 26.1. The zero-order chi connectivity index (χ0) is 15.4. The predicted octanol–water partition coefficient (Wildman–Crippen LogP) is 4.65. The van der Waals surface area contributed by atoms with Gasteiger partial charge in [0.1, 0.15) is 0 Å². The molecule has 0 amide bonds. The Morgan fingerprint density at radius 2 is 1.32 bits per heavy atom. The Kier molecular flexibility index (Phi) is 4.01. The molecule has 3 aromatic carbocycles. The topological polar surface area (TPSA) is 37.3 Å². The van der Waals surface area contributed by atoms with Crippen LogP contribution < -0.4 is 0 Å². The fourth-order valence-corrected chi connectivity index (χ4v) is 2.63. The first kappa shape index (κ1) is 14.1. The molecule has 0 heterocycles. The average Bonchev–Trinajstić information content (AvgIpc) is 2.55. The summed E-state index contributed by atoms with van der Waals surface area (Å²) >= 11 is 0. The van der Waals surface area contributed by atoms with Crippen LogP contribution in [0.15, 0.2) is 78.9 Å². The lowest BCUT2D eigenvalue weighted by atomic mass is 9.93. The van der Waals surface area contributed by atoms with Crippen molar-refractivity contribution in [1.29, 1.82) is 0 Å². The Hall–Kier alpha value is -2.87. The molecule has 0 bridgehead atoms. The Labute approximate surface area is 129 Å². The van der Waals surface area contributed by atoms with Crippen molar-refractivity contribution in [3.63, 3.8) is 0 Å². The fraction of sp³-hybridized carbons (Fsp3) is 0.0500. The third-order valence-electron chi connectivity index (χ3n) is 3.61. The first-order valence-electron chi connectivity index (χ1n) is 7.19. The maximum absolute atomic E-state index is 10.9. The molecule has 2 heteroatoms. The van der Waals surface area contributed by atoms with Gasteiger partial charge in [0.2, 0.25) is 0 Å². The predicted molar refractivity (Wildman–Crippen MR) is 88.7 cm³/mol. The number of hydrogen-bond acceptors (Lipinski definition) is 1. The van der Waals surface area contributed by atoms with Gasteiger partial charge < -0.3 is 5.11 Å². The van der Waals surface area contributed by atoms with Gasteiger partial charge in [0, 0.05) is 0 Å². The number of carboxylic acids is 1. The number of rotatable bonds is 4. The van der Waals surface area contributed by atoms with Crippen LogP contribution in [-0.2, 0) is 11.2 Å². The highest BCUT2D eigenvalue weighted by Crippen LogP contribution is 2.32. The number of aliphatic carboxylic acids is 1. The normalized spacial score (nSPS) is 10.4. The van der Waals surface area contributed by atoms with E-state index in [0.717, 1.165) is 27.8 Å². The smallest absolute Gasteiger partial charge is 0.307 e. The van der Waals surface area contributed by atoms with Crippen LogP contribution >= 0.6 is 0 Å². The molecule has 0 radical (unpaired) electrons. The van der Waals surface area contributed by atoms with Gasteiger partial charge in [-0.25, -0.2) is 0 Å².